The highest BCUT2D eigenvalue weighted by atomic mass is 35.5. The van der Waals surface area contributed by atoms with E-state index in [4.69, 9.17) is 11.6 Å². The molecule has 0 bridgehead atoms. The Morgan fingerprint density at radius 2 is 2.37 bits per heavy atom. The Balaban J connectivity index is 2.09. The van der Waals surface area contributed by atoms with Crippen molar-refractivity contribution >= 4 is 29.1 Å². The fraction of sp³-hybridized carbons (Fsp3) is 0.692. The zero-order valence-electron chi connectivity index (χ0n) is 11.4. The number of aromatic nitrogens is 2. The number of hydrogen-bond acceptors (Lipinski definition) is 4. The lowest BCUT2D eigenvalue weighted by molar-refractivity contribution is 0.568. The van der Waals surface area contributed by atoms with Gasteiger partial charge in [-0.3, -0.25) is 4.79 Å². The van der Waals surface area contributed by atoms with Gasteiger partial charge in [0, 0.05) is 17.8 Å². The summed E-state index contributed by atoms with van der Waals surface area (Å²) in [5.74, 6) is 0. The topological polar surface area (TPSA) is 46.9 Å². The van der Waals surface area contributed by atoms with E-state index in [1.165, 1.54) is 11.1 Å². The number of nitrogens with zero attached hydrogens (tertiary/aromatic N) is 2. The highest BCUT2D eigenvalue weighted by Gasteiger charge is 2.24. The largest absolute Gasteiger partial charge is 0.380 e. The molecule has 1 heterocycles. The van der Waals surface area contributed by atoms with Gasteiger partial charge in [-0.2, -0.15) is 16.9 Å². The zero-order chi connectivity index (χ0) is 13.8. The Morgan fingerprint density at radius 1 is 1.58 bits per heavy atom. The van der Waals surface area contributed by atoms with Crippen LogP contribution in [0.15, 0.2) is 11.0 Å². The van der Waals surface area contributed by atoms with Gasteiger partial charge in [0.2, 0.25) is 0 Å². The molecule has 1 aromatic heterocycles. The number of anilines is 1. The standard InChI is InChI=1S/C13H20ClN3OS/c1-3-6-17-13(18)12(14)11(8-15-17)16-9-4-5-10(7-9)19-2/h8-10,16H,3-7H2,1-2H3. The van der Waals surface area contributed by atoms with Gasteiger partial charge in [0.05, 0.1) is 11.9 Å². The highest BCUT2D eigenvalue weighted by Crippen LogP contribution is 2.31. The van der Waals surface area contributed by atoms with Gasteiger partial charge in [0.25, 0.3) is 5.56 Å². The molecule has 2 unspecified atom stereocenters. The Labute approximate surface area is 122 Å². The second-order valence-electron chi connectivity index (χ2n) is 4.91. The molecule has 1 saturated carbocycles. The van der Waals surface area contributed by atoms with Crippen LogP contribution in [0.5, 0.6) is 0 Å². The Bertz CT molecular complexity index is 491. The third-order valence-electron chi connectivity index (χ3n) is 3.50. The number of halogens is 1. The SMILES string of the molecule is CCCn1ncc(NC2CCC(SC)C2)c(Cl)c1=O. The minimum Gasteiger partial charge on any atom is -0.380 e. The van der Waals surface area contributed by atoms with Crippen LogP contribution in [0, 0.1) is 0 Å². The molecule has 0 spiro atoms. The third-order valence-corrected chi connectivity index (χ3v) is 4.96. The van der Waals surface area contributed by atoms with Crippen LogP contribution in [0.2, 0.25) is 5.02 Å². The van der Waals surface area contributed by atoms with Gasteiger partial charge in [0.1, 0.15) is 5.02 Å². The van der Waals surface area contributed by atoms with Crippen molar-refractivity contribution in [2.45, 2.75) is 50.4 Å². The normalized spacial score (nSPS) is 22.7. The number of rotatable bonds is 5. The smallest absolute Gasteiger partial charge is 0.287 e. The minimum atomic E-state index is -0.201. The lowest BCUT2D eigenvalue weighted by Crippen LogP contribution is -2.26. The maximum atomic E-state index is 12.0. The first-order chi connectivity index (χ1) is 9.15. The molecule has 1 N–H and O–H groups in total. The van der Waals surface area contributed by atoms with E-state index >= 15 is 0 Å². The molecular weight excluding hydrogens is 282 g/mol. The highest BCUT2D eigenvalue weighted by molar-refractivity contribution is 7.99. The van der Waals surface area contributed by atoms with Gasteiger partial charge in [-0.05, 0) is 31.9 Å². The van der Waals surface area contributed by atoms with Gasteiger partial charge < -0.3 is 5.32 Å². The number of aryl methyl sites for hydroxylation is 1. The van der Waals surface area contributed by atoms with Crippen LogP contribution in [0.3, 0.4) is 0 Å². The molecule has 106 valence electrons. The van der Waals surface area contributed by atoms with Gasteiger partial charge in [0.15, 0.2) is 0 Å². The number of nitrogens with one attached hydrogen (secondary N) is 1. The monoisotopic (exact) mass is 301 g/mol. The van der Waals surface area contributed by atoms with E-state index in [1.54, 1.807) is 6.20 Å². The molecule has 1 aromatic rings. The number of thioether (sulfide) groups is 1. The third kappa shape index (κ3) is 3.45. The van der Waals surface area contributed by atoms with E-state index in [0.717, 1.165) is 19.3 Å². The fourth-order valence-corrected chi connectivity index (χ4v) is 3.44. The van der Waals surface area contributed by atoms with Crippen LogP contribution in [-0.4, -0.2) is 27.3 Å². The Kier molecular flexibility index (Phi) is 5.16. The molecule has 1 fully saturated rings. The number of hydrogen-bond donors (Lipinski definition) is 1. The molecule has 0 aromatic carbocycles. The van der Waals surface area contributed by atoms with Crippen LogP contribution in [-0.2, 0) is 6.54 Å². The van der Waals surface area contributed by atoms with Crippen LogP contribution in [0.1, 0.15) is 32.6 Å². The maximum absolute atomic E-state index is 12.0. The quantitative estimate of drug-likeness (QED) is 0.908. The van der Waals surface area contributed by atoms with Gasteiger partial charge >= 0.3 is 0 Å². The summed E-state index contributed by atoms with van der Waals surface area (Å²) >= 11 is 8.05. The van der Waals surface area contributed by atoms with Crippen molar-refractivity contribution in [2.75, 3.05) is 11.6 Å². The summed E-state index contributed by atoms with van der Waals surface area (Å²) in [6.07, 6.45) is 8.15. The molecule has 4 nitrogen and oxygen atoms in total. The van der Waals surface area contributed by atoms with Crippen molar-refractivity contribution < 1.29 is 0 Å². The zero-order valence-corrected chi connectivity index (χ0v) is 12.9. The predicted molar refractivity (Wildman–Crippen MR) is 82.4 cm³/mol. The maximum Gasteiger partial charge on any atom is 0.287 e. The second kappa shape index (κ2) is 6.66. The van der Waals surface area contributed by atoms with E-state index in [0.29, 0.717) is 23.5 Å². The average Bonchev–Trinajstić information content (AvgIpc) is 2.86. The molecule has 1 aliphatic carbocycles. The van der Waals surface area contributed by atoms with E-state index in [2.05, 4.69) is 16.7 Å². The van der Waals surface area contributed by atoms with Gasteiger partial charge in [-0.15, -0.1) is 0 Å². The second-order valence-corrected chi connectivity index (χ2v) is 6.43. The van der Waals surface area contributed by atoms with E-state index < -0.39 is 0 Å². The van der Waals surface area contributed by atoms with Crippen molar-refractivity contribution in [2.24, 2.45) is 0 Å². The molecule has 2 rings (SSSR count). The summed E-state index contributed by atoms with van der Waals surface area (Å²) < 4.78 is 1.42. The fourth-order valence-electron chi connectivity index (χ4n) is 2.44. The molecule has 19 heavy (non-hydrogen) atoms. The van der Waals surface area contributed by atoms with Gasteiger partial charge in [-0.25, -0.2) is 4.68 Å². The van der Waals surface area contributed by atoms with Crippen LogP contribution < -0.4 is 10.9 Å². The molecule has 0 radical (unpaired) electrons. The molecular formula is C13H20ClN3OS. The van der Waals surface area contributed by atoms with Crippen LogP contribution >= 0.6 is 23.4 Å². The minimum absolute atomic E-state index is 0.201. The summed E-state index contributed by atoms with van der Waals surface area (Å²) in [4.78, 5) is 12.0. The summed E-state index contributed by atoms with van der Waals surface area (Å²) in [6.45, 7) is 2.62. The van der Waals surface area contributed by atoms with Crippen molar-refractivity contribution in [1.82, 2.24) is 9.78 Å². The first kappa shape index (κ1) is 14.7. The Hall–Kier alpha value is -0.680. The Morgan fingerprint density at radius 3 is 3.00 bits per heavy atom. The molecule has 2 atom stereocenters. The van der Waals surface area contributed by atoms with Crippen molar-refractivity contribution in [3.05, 3.63) is 21.6 Å². The van der Waals surface area contributed by atoms with Crippen molar-refractivity contribution in [1.29, 1.82) is 0 Å². The van der Waals surface area contributed by atoms with Crippen molar-refractivity contribution in [3.8, 4) is 0 Å². The first-order valence-corrected chi connectivity index (χ1v) is 8.37. The van der Waals surface area contributed by atoms with E-state index in [1.807, 2.05) is 18.7 Å². The lowest BCUT2D eigenvalue weighted by atomic mass is 10.2. The molecule has 0 aliphatic heterocycles. The summed E-state index contributed by atoms with van der Waals surface area (Å²) in [7, 11) is 0. The summed E-state index contributed by atoms with van der Waals surface area (Å²) in [6, 6.07) is 0.401. The molecule has 0 amide bonds. The summed E-state index contributed by atoms with van der Waals surface area (Å²) in [5.41, 5.74) is 0.471. The lowest BCUT2D eigenvalue weighted by Gasteiger charge is -2.15. The molecule has 1 aliphatic rings. The first-order valence-electron chi connectivity index (χ1n) is 6.70. The van der Waals surface area contributed by atoms with E-state index in [-0.39, 0.29) is 10.6 Å². The van der Waals surface area contributed by atoms with Crippen LogP contribution in [0.4, 0.5) is 5.69 Å². The predicted octanol–water partition coefficient (Wildman–Crippen LogP) is 3.00. The van der Waals surface area contributed by atoms with E-state index in [9.17, 15) is 4.79 Å². The molecule has 6 heteroatoms. The average molecular weight is 302 g/mol. The van der Waals surface area contributed by atoms with Crippen LogP contribution in [0.25, 0.3) is 0 Å². The molecule has 0 saturated heterocycles. The summed E-state index contributed by atoms with van der Waals surface area (Å²) in [5, 5.41) is 8.50. The van der Waals surface area contributed by atoms with Crippen molar-refractivity contribution in [3.63, 3.8) is 0 Å². The van der Waals surface area contributed by atoms with Gasteiger partial charge in [-0.1, -0.05) is 18.5 Å².